The first-order valence-electron chi connectivity index (χ1n) is 7.37. The van der Waals surface area contributed by atoms with E-state index in [9.17, 15) is 4.79 Å². The summed E-state index contributed by atoms with van der Waals surface area (Å²) in [5.74, 6) is 0.260. The Balaban J connectivity index is 1.79. The topological polar surface area (TPSA) is 67.4 Å². The predicted octanol–water partition coefficient (Wildman–Crippen LogP) is 2.65. The Morgan fingerprint density at radius 2 is 2.09 bits per heavy atom. The SMILES string of the molecule is Cc1ccc(Cl)cc1Nc1nccc(C(=O)N2CCOCC2)n1. The number of halogens is 1. The minimum Gasteiger partial charge on any atom is -0.378 e. The number of carbonyl (C=O) groups is 1. The standard InChI is InChI=1S/C16H17ClN4O2/c1-11-2-3-12(17)10-14(11)20-16-18-5-4-13(19-16)15(22)21-6-8-23-9-7-21/h2-5,10H,6-9H2,1H3,(H,18,19,20). The number of carbonyl (C=O) groups excluding carboxylic acids is 1. The van der Waals surface area contributed by atoms with Gasteiger partial charge in [-0.15, -0.1) is 0 Å². The normalized spacial score (nSPS) is 14.6. The van der Waals surface area contributed by atoms with Crippen LogP contribution in [0.15, 0.2) is 30.5 Å². The lowest BCUT2D eigenvalue weighted by Crippen LogP contribution is -2.41. The molecule has 0 bridgehead atoms. The van der Waals surface area contributed by atoms with E-state index in [0.717, 1.165) is 11.3 Å². The molecule has 0 saturated carbocycles. The molecule has 1 saturated heterocycles. The highest BCUT2D eigenvalue weighted by Gasteiger charge is 2.20. The lowest BCUT2D eigenvalue weighted by atomic mass is 10.2. The number of hydrogen-bond donors (Lipinski definition) is 1. The van der Waals surface area contributed by atoms with Gasteiger partial charge in [-0.05, 0) is 30.7 Å². The summed E-state index contributed by atoms with van der Waals surface area (Å²) in [5.41, 5.74) is 2.19. The zero-order chi connectivity index (χ0) is 16.2. The van der Waals surface area contributed by atoms with Crippen molar-refractivity contribution >= 4 is 29.1 Å². The molecule has 1 aromatic carbocycles. The molecule has 0 spiro atoms. The van der Waals surface area contributed by atoms with E-state index in [1.807, 2.05) is 19.1 Å². The maximum atomic E-state index is 12.5. The Morgan fingerprint density at radius 1 is 1.30 bits per heavy atom. The molecule has 6 nitrogen and oxygen atoms in total. The molecule has 2 heterocycles. The number of aryl methyl sites for hydroxylation is 1. The van der Waals surface area contributed by atoms with Crippen molar-refractivity contribution in [3.8, 4) is 0 Å². The van der Waals surface area contributed by atoms with E-state index in [0.29, 0.717) is 43.0 Å². The second-order valence-corrected chi connectivity index (χ2v) is 5.69. The highest BCUT2D eigenvalue weighted by molar-refractivity contribution is 6.30. The van der Waals surface area contributed by atoms with Gasteiger partial charge in [0.2, 0.25) is 5.95 Å². The number of rotatable bonds is 3. The molecule has 1 aliphatic rings. The van der Waals surface area contributed by atoms with Crippen molar-refractivity contribution in [2.75, 3.05) is 31.6 Å². The van der Waals surface area contributed by atoms with Crippen molar-refractivity contribution in [3.05, 3.63) is 46.7 Å². The van der Waals surface area contributed by atoms with Crippen LogP contribution < -0.4 is 5.32 Å². The lowest BCUT2D eigenvalue weighted by Gasteiger charge is -2.26. The first-order chi connectivity index (χ1) is 11.1. The van der Waals surface area contributed by atoms with Crippen LogP contribution in [-0.4, -0.2) is 47.1 Å². The molecule has 3 rings (SSSR count). The Morgan fingerprint density at radius 3 is 2.87 bits per heavy atom. The van der Waals surface area contributed by atoms with Crippen molar-refractivity contribution in [2.24, 2.45) is 0 Å². The summed E-state index contributed by atoms with van der Waals surface area (Å²) in [6.45, 7) is 4.24. The number of nitrogens with zero attached hydrogens (tertiary/aromatic N) is 3. The minimum atomic E-state index is -0.110. The van der Waals surface area contributed by atoms with Crippen LogP contribution in [0, 0.1) is 6.92 Å². The molecule has 1 aromatic heterocycles. The average Bonchev–Trinajstić information content (AvgIpc) is 2.58. The van der Waals surface area contributed by atoms with Gasteiger partial charge in [-0.2, -0.15) is 0 Å². The molecule has 0 atom stereocenters. The summed E-state index contributed by atoms with van der Waals surface area (Å²) >= 11 is 6.01. The summed E-state index contributed by atoms with van der Waals surface area (Å²) in [7, 11) is 0. The molecule has 1 N–H and O–H groups in total. The lowest BCUT2D eigenvalue weighted by molar-refractivity contribution is 0.0299. The highest BCUT2D eigenvalue weighted by Crippen LogP contribution is 2.22. The molecule has 1 aliphatic heterocycles. The molecule has 7 heteroatoms. The van der Waals surface area contributed by atoms with Crippen LogP contribution in [0.2, 0.25) is 5.02 Å². The van der Waals surface area contributed by atoms with E-state index in [-0.39, 0.29) is 5.91 Å². The van der Waals surface area contributed by atoms with Crippen LogP contribution in [-0.2, 0) is 4.74 Å². The van der Waals surface area contributed by atoms with Crippen LogP contribution in [0.3, 0.4) is 0 Å². The van der Waals surface area contributed by atoms with E-state index in [1.165, 1.54) is 0 Å². The predicted molar refractivity (Wildman–Crippen MR) is 88.2 cm³/mol. The molecule has 2 aromatic rings. The van der Waals surface area contributed by atoms with Crippen molar-refractivity contribution in [3.63, 3.8) is 0 Å². The number of amides is 1. The van der Waals surface area contributed by atoms with Gasteiger partial charge in [-0.3, -0.25) is 4.79 Å². The molecule has 120 valence electrons. The number of ether oxygens (including phenoxy) is 1. The maximum absolute atomic E-state index is 12.5. The number of aromatic nitrogens is 2. The van der Waals surface area contributed by atoms with Gasteiger partial charge in [0.1, 0.15) is 5.69 Å². The third-order valence-corrected chi connectivity index (χ3v) is 3.85. The summed E-state index contributed by atoms with van der Waals surface area (Å²) in [6.07, 6.45) is 1.57. The van der Waals surface area contributed by atoms with Crippen LogP contribution >= 0.6 is 11.6 Å². The highest BCUT2D eigenvalue weighted by atomic mass is 35.5. The van der Waals surface area contributed by atoms with Gasteiger partial charge < -0.3 is 15.0 Å². The first-order valence-corrected chi connectivity index (χ1v) is 7.74. The monoisotopic (exact) mass is 332 g/mol. The van der Waals surface area contributed by atoms with Gasteiger partial charge in [-0.25, -0.2) is 9.97 Å². The summed E-state index contributed by atoms with van der Waals surface area (Å²) in [4.78, 5) is 22.7. The third-order valence-electron chi connectivity index (χ3n) is 3.62. The summed E-state index contributed by atoms with van der Waals surface area (Å²) in [6, 6.07) is 7.15. The Bertz CT molecular complexity index is 717. The zero-order valence-corrected chi connectivity index (χ0v) is 13.5. The third kappa shape index (κ3) is 3.78. The van der Waals surface area contributed by atoms with Crippen molar-refractivity contribution in [2.45, 2.75) is 6.92 Å². The molecule has 1 amide bonds. The van der Waals surface area contributed by atoms with E-state index < -0.39 is 0 Å². The van der Waals surface area contributed by atoms with Gasteiger partial charge >= 0.3 is 0 Å². The van der Waals surface area contributed by atoms with Gasteiger partial charge in [0, 0.05) is 30.0 Å². The number of morpholine rings is 1. The summed E-state index contributed by atoms with van der Waals surface area (Å²) < 4.78 is 5.26. The Hall–Kier alpha value is -2.18. The Kier molecular flexibility index (Phi) is 4.73. The average molecular weight is 333 g/mol. The van der Waals surface area contributed by atoms with E-state index in [1.54, 1.807) is 23.2 Å². The fraction of sp³-hybridized carbons (Fsp3) is 0.312. The van der Waals surface area contributed by atoms with E-state index in [4.69, 9.17) is 16.3 Å². The molecule has 0 radical (unpaired) electrons. The van der Waals surface area contributed by atoms with E-state index in [2.05, 4.69) is 15.3 Å². The van der Waals surface area contributed by atoms with Crippen molar-refractivity contribution in [1.82, 2.24) is 14.9 Å². The van der Waals surface area contributed by atoms with Crippen LogP contribution in [0.25, 0.3) is 0 Å². The van der Waals surface area contributed by atoms with Crippen molar-refractivity contribution in [1.29, 1.82) is 0 Å². The summed E-state index contributed by atoms with van der Waals surface area (Å²) in [5, 5.41) is 3.73. The quantitative estimate of drug-likeness (QED) is 0.936. The smallest absolute Gasteiger partial charge is 0.272 e. The van der Waals surface area contributed by atoms with Crippen molar-refractivity contribution < 1.29 is 9.53 Å². The molecular weight excluding hydrogens is 316 g/mol. The molecule has 0 unspecified atom stereocenters. The van der Waals surface area contributed by atoms with Gasteiger partial charge in [0.05, 0.1) is 13.2 Å². The second kappa shape index (κ2) is 6.93. The van der Waals surface area contributed by atoms with Gasteiger partial charge in [-0.1, -0.05) is 17.7 Å². The van der Waals surface area contributed by atoms with Gasteiger partial charge in [0.25, 0.3) is 5.91 Å². The number of hydrogen-bond acceptors (Lipinski definition) is 5. The van der Waals surface area contributed by atoms with Crippen LogP contribution in [0.5, 0.6) is 0 Å². The molecule has 23 heavy (non-hydrogen) atoms. The zero-order valence-electron chi connectivity index (χ0n) is 12.8. The van der Waals surface area contributed by atoms with Crippen LogP contribution in [0.1, 0.15) is 16.1 Å². The number of benzene rings is 1. The minimum absolute atomic E-state index is 0.110. The van der Waals surface area contributed by atoms with E-state index >= 15 is 0 Å². The largest absolute Gasteiger partial charge is 0.378 e. The molecule has 1 fully saturated rings. The number of anilines is 2. The fourth-order valence-corrected chi connectivity index (χ4v) is 2.49. The fourth-order valence-electron chi connectivity index (χ4n) is 2.32. The molecule has 0 aliphatic carbocycles. The van der Waals surface area contributed by atoms with Crippen LogP contribution in [0.4, 0.5) is 11.6 Å². The Labute approximate surface area is 139 Å². The maximum Gasteiger partial charge on any atom is 0.272 e. The second-order valence-electron chi connectivity index (χ2n) is 5.25. The molecular formula is C16H17ClN4O2. The first kappa shape index (κ1) is 15.7. The number of nitrogens with one attached hydrogen (secondary N) is 1. The van der Waals surface area contributed by atoms with Gasteiger partial charge in [0.15, 0.2) is 0 Å².